The van der Waals surface area contributed by atoms with Crippen LogP contribution in [-0.2, 0) is 0 Å². The Morgan fingerprint density at radius 2 is 1.20 bits per heavy atom. The Kier molecular flexibility index (Phi) is 8.27. The maximum Gasteiger partial charge on any atom is 0.137 e. The first-order valence-electron chi connectivity index (χ1n) is 19.6. The molecule has 0 aliphatic carbocycles. The fourth-order valence-corrected chi connectivity index (χ4v) is 8.53. The molecule has 60 heavy (non-hydrogen) atoms. The number of benzene rings is 4. The Labute approximate surface area is 345 Å². The lowest BCUT2D eigenvalue weighted by atomic mass is 9.87. The van der Waals surface area contributed by atoms with E-state index in [4.69, 9.17) is 19.9 Å². The van der Waals surface area contributed by atoms with Gasteiger partial charge in [0, 0.05) is 81.2 Å². The highest BCUT2D eigenvalue weighted by Crippen LogP contribution is 2.54. The molecule has 8 nitrogen and oxygen atoms in total. The van der Waals surface area contributed by atoms with Crippen molar-refractivity contribution in [3.05, 3.63) is 202 Å². The molecule has 1 aliphatic rings. The maximum absolute atomic E-state index is 5.10. The molecule has 0 bridgehead atoms. The molecule has 0 saturated carbocycles. The number of anilines is 3. The molecule has 10 aromatic rings. The molecular weight excluding hydrogens is 737 g/mol. The van der Waals surface area contributed by atoms with Gasteiger partial charge in [-0.3, -0.25) is 29.4 Å². The van der Waals surface area contributed by atoms with Gasteiger partial charge in [0.1, 0.15) is 11.6 Å². The summed E-state index contributed by atoms with van der Waals surface area (Å²) in [4.78, 5) is 30.9. The average Bonchev–Trinajstić information content (AvgIpc) is 3.64. The van der Waals surface area contributed by atoms with Crippen LogP contribution in [0.15, 0.2) is 201 Å². The predicted molar refractivity (Wildman–Crippen MR) is 244 cm³/mol. The molecule has 6 aromatic heterocycles. The number of pyridine rings is 5. The third-order valence-electron chi connectivity index (χ3n) is 11.2. The third-order valence-corrected chi connectivity index (χ3v) is 11.2. The fourth-order valence-electron chi connectivity index (χ4n) is 8.53. The molecule has 0 fully saturated rings. The molecular formula is C52H34N8. The highest BCUT2D eigenvalue weighted by molar-refractivity contribution is 6.21. The lowest BCUT2D eigenvalue weighted by molar-refractivity contribution is 1.08. The molecule has 0 unspecified atom stereocenters. The number of aromatic nitrogens is 6. The summed E-state index contributed by atoms with van der Waals surface area (Å²) in [5, 5.41) is 4.43. The topological polar surface area (TPSA) is 85.0 Å². The summed E-state index contributed by atoms with van der Waals surface area (Å²) in [5.41, 5.74) is 13.6. The van der Waals surface area contributed by atoms with Gasteiger partial charge in [0.2, 0.25) is 0 Å². The van der Waals surface area contributed by atoms with Crippen molar-refractivity contribution in [1.29, 1.82) is 0 Å². The van der Waals surface area contributed by atoms with Crippen molar-refractivity contribution in [1.82, 2.24) is 29.5 Å². The lowest BCUT2D eigenvalue weighted by Crippen LogP contribution is -2.17. The van der Waals surface area contributed by atoms with Crippen molar-refractivity contribution in [2.75, 3.05) is 4.90 Å². The van der Waals surface area contributed by atoms with Gasteiger partial charge in [0.05, 0.1) is 45.2 Å². The zero-order chi connectivity index (χ0) is 40.2. The Bertz CT molecular complexity index is 3320. The number of hydrogen-bond acceptors (Lipinski definition) is 7. The molecule has 282 valence electrons. The number of aliphatic imine (C=N–C) groups is 1. The van der Waals surface area contributed by atoms with Crippen molar-refractivity contribution in [2.24, 2.45) is 4.99 Å². The summed E-state index contributed by atoms with van der Waals surface area (Å²) in [5.74, 6) is 1.56. The first-order chi connectivity index (χ1) is 29.7. The van der Waals surface area contributed by atoms with E-state index in [-0.39, 0.29) is 0 Å². The maximum atomic E-state index is 5.10. The van der Waals surface area contributed by atoms with Crippen LogP contribution >= 0.6 is 0 Å². The molecule has 0 spiro atoms. The third kappa shape index (κ3) is 5.61. The minimum atomic E-state index is 0.702. The number of fused-ring (bicyclic) bond motifs is 5. The van der Waals surface area contributed by atoms with E-state index >= 15 is 0 Å². The standard InChI is InChI=1S/C52H34N8/c1-3-42(53-4-2)34-18-23-51(57-31-34)60-47-16-11-12-37-36(45-15-7-10-27-56-45)20-21-38(52(37)47)40-29-41-39-28-33(43-13-5-8-25-54-43)17-22-46(39)59(49(41)30-48(40)60)50-24-19-35(32-58-50)44-14-6-9-26-55-44/h3-32H,1-2H2. The Morgan fingerprint density at radius 3 is 1.88 bits per heavy atom. The first kappa shape index (κ1) is 34.9. The first-order valence-corrected chi connectivity index (χ1v) is 19.6. The second-order valence-corrected chi connectivity index (χ2v) is 14.5. The van der Waals surface area contributed by atoms with Gasteiger partial charge in [-0.25, -0.2) is 9.97 Å². The molecule has 8 heteroatoms. The van der Waals surface area contributed by atoms with Crippen LogP contribution < -0.4 is 4.90 Å². The summed E-state index contributed by atoms with van der Waals surface area (Å²) < 4.78 is 2.26. The zero-order valence-corrected chi connectivity index (χ0v) is 32.3. The fraction of sp³-hybridized carbons (Fsp3) is 0. The van der Waals surface area contributed by atoms with Gasteiger partial charge >= 0.3 is 0 Å². The highest BCUT2D eigenvalue weighted by atomic mass is 15.2. The Morgan fingerprint density at radius 1 is 0.500 bits per heavy atom. The van der Waals surface area contributed by atoms with Gasteiger partial charge in [-0.1, -0.05) is 61.7 Å². The molecule has 7 heterocycles. The van der Waals surface area contributed by atoms with Crippen molar-refractivity contribution in [2.45, 2.75) is 0 Å². The highest BCUT2D eigenvalue weighted by Gasteiger charge is 2.30. The molecule has 0 saturated heterocycles. The van der Waals surface area contributed by atoms with Crippen LogP contribution in [0, 0.1) is 0 Å². The average molecular weight is 771 g/mol. The number of allylic oxidation sites excluding steroid dienone is 1. The van der Waals surface area contributed by atoms with E-state index in [1.54, 1.807) is 12.3 Å². The van der Waals surface area contributed by atoms with Gasteiger partial charge in [0.25, 0.3) is 0 Å². The van der Waals surface area contributed by atoms with Gasteiger partial charge in [-0.15, -0.1) is 0 Å². The van der Waals surface area contributed by atoms with Crippen LogP contribution in [0.5, 0.6) is 0 Å². The van der Waals surface area contributed by atoms with E-state index < -0.39 is 0 Å². The molecule has 0 N–H and O–H groups in total. The molecule has 4 aromatic carbocycles. The van der Waals surface area contributed by atoms with Crippen LogP contribution in [0.4, 0.5) is 17.2 Å². The van der Waals surface area contributed by atoms with Crippen LogP contribution in [-0.4, -0.2) is 35.2 Å². The second kappa shape index (κ2) is 14.2. The van der Waals surface area contributed by atoms with E-state index in [1.165, 1.54) is 6.20 Å². The van der Waals surface area contributed by atoms with E-state index in [0.717, 1.165) is 106 Å². The number of hydrogen-bond donors (Lipinski definition) is 0. The molecule has 0 radical (unpaired) electrons. The van der Waals surface area contributed by atoms with Gasteiger partial charge in [-0.2, -0.15) is 0 Å². The van der Waals surface area contributed by atoms with Crippen LogP contribution in [0.1, 0.15) is 5.56 Å². The molecule has 0 atom stereocenters. The van der Waals surface area contributed by atoms with Crippen molar-refractivity contribution in [3.8, 4) is 50.7 Å². The minimum Gasteiger partial charge on any atom is -0.294 e. The monoisotopic (exact) mass is 770 g/mol. The Balaban J connectivity index is 1.20. The summed E-state index contributed by atoms with van der Waals surface area (Å²) in [6, 6.07) is 48.4. The molecule has 1 aliphatic heterocycles. The van der Waals surface area contributed by atoms with Crippen LogP contribution in [0.2, 0.25) is 0 Å². The van der Waals surface area contributed by atoms with Crippen molar-refractivity contribution in [3.63, 3.8) is 0 Å². The smallest absolute Gasteiger partial charge is 0.137 e. The second-order valence-electron chi connectivity index (χ2n) is 14.5. The molecule has 0 amide bonds. The van der Waals surface area contributed by atoms with Crippen LogP contribution in [0.3, 0.4) is 0 Å². The van der Waals surface area contributed by atoms with E-state index in [9.17, 15) is 0 Å². The molecule has 11 rings (SSSR count). The van der Waals surface area contributed by atoms with Gasteiger partial charge in [-0.05, 0) is 108 Å². The van der Waals surface area contributed by atoms with Gasteiger partial charge in [0.15, 0.2) is 0 Å². The SMILES string of the molecule is C=CN=C(C=C)c1ccc(N2c3cc4c(cc3-c3ccc(-c5ccccn5)c5cccc2c35)c2cc(-c3ccccn3)ccc2n4-c2ccc(-c3ccccn3)cn2)nc1. The summed E-state index contributed by atoms with van der Waals surface area (Å²) in [6.45, 7) is 7.76. The predicted octanol–water partition coefficient (Wildman–Crippen LogP) is 12.5. The lowest BCUT2D eigenvalue weighted by Gasteiger charge is -2.33. The van der Waals surface area contributed by atoms with Crippen molar-refractivity contribution >= 4 is 55.5 Å². The number of rotatable bonds is 8. The quantitative estimate of drug-likeness (QED) is 0.143. The zero-order valence-electron chi connectivity index (χ0n) is 32.3. The largest absolute Gasteiger partial charge is 0.294 e. The summed E-state index contributed by atoms with van der Waals surface area (Å²) >= 11 is 0. The normalized spacial score (nSPS) is 12.2. The summed E-state index contributed by atoms with van der Waals surface area (Å²) in [7, 11) is 0. The van der Waals surface area contributed by atoms with Crippen LogP contribution in [0.25, 0.3) is 83.3 Å². The Hall–Kier alpha value is -8.36. The number of nitrogens with zero attached hydrogens (tertiary/aromatic N) is 8. The van der Waals surface area contributed by atoms with Crippen molar-refractivity contribution < 1.29 is 0 Å². The minimum absolute atomic E-state index is 0.702. The van der Waals surface area contributed by atoms with E-state index in [0.29, 0.717) is 5.71 Å². The van der Waals surface area contributed by atoms with E-state index in [2.05, 4.69) is 111 Å². The van der Waals surface area contributed by atoms with Gasteiger partial charge < -0.3 is 0 Å². The van der Waals surface area contributed by atoms with E-state index in [1.807, 2.05) is 85.5 Å². The summed E-state index contributed by atoms with van der Waals surface area (Å²) in [6.07, 6.45) is 12.5.